The molecule has 5 heteroatoms. The fourth-order valence-corrected chi connectivity index (χ4v) is 1.93. The van der Waals surface area contributed by atoms with Gasteiger partial charge in [0.15, 0.2) is 0 Å². The van der Waals surface area contributed by atoms with Gasteiger partial charge in [-0.3, -0.25) is 0 Å². The number of nitrogens with zero attached hydrogens (tertiary/aromatic N) is 1. The lowest BCUT2D eigenvalue weighted by Gasteiger charge is -2.19. The molecule has 0 aliphatic rings. The molecular weight excluding hydrogens is 244 g/mol. The number of phenolic OH excluding ortho intramolecular Hbond substituents is 1. The van der Waals surface area contributed by atoms with E-state index in [-0.39, 0.29) is 11.7 Å². The Labute approximate surface area is 110 Å². The van der Waals surface area contributed by atoms with Crippen molar-refractivity contribution in [2.45, 2.75) is 19.9 Å². The number of aromatic nitrogens is 1. The molecule has 1 aromatic heterocycles. The van der Waals surface area contributed by atoms with Crippen molar-refractivity contribution in [3.8, 4) is 5.75 Å². The Morgan fingerprint density at radius 3 is 2.68 bits per heavy atom. The number of carboxylic acid groups (broad SMARTS) is 1. The van der Waals surface area contributed by atoms with Crippen LogP contribution in [0, 0.1) is 5.92 Å². The summed E-state index contributed by atoms with van der Waals surface area (Å²) in [7, 11) is 0. The molecule has 0 bridgehead atoms. The normalized spacial score (nSPS) is 12.6. The number of aromatic hydroxyl groups is 1. The fraction of sp³-hybridized carbons (Fsp3) is 0.286. The molecule has 0 aliphatic heterocycles. The van der Waals surface area contributed by atoms with E-state index in [0.29, 0.717) is 11.2 Å². The van der Waals surface area contributed by atoms with Crippen molar-refractivity contribution in [3.05, 3.63) is 30.5 Å². The maximum absolute atomic E-state index is 11.2. The number of aliphatic carboxylic acids is 1. The van der Waals surface area contributed by atoms with E-state index < -0.39 is 12.0 Å². The number of hydrogen-bond acceptors (Lipinski definition) is 4. The highest BCUT2D eigenvalue weighted by Gasteiger charge is 2.22. The van der Waals surface area contributed by atoms with Crippen LogP contribution in [0.1, 0.15) is 13.8 Å². The zero-order valence-corrected chi connectivity index (χ0v) is 10.8. The standard InChI is InChI=1S/C14H16N2O3/c1-8(2)12(14(18)19)16-13-11-7-10(17)4-3-9(11)5-6-15-13/h3-8,12,17H,1-2H3,(H,15,16)(H,18,19). The molecule has 5 nitrogen and oxygen atoms in total. The van der Waals surface area contributed by atoms with E-state index >= 15 is 0 Å². The largest absolute Gasteiger partial charge is 0.508 e. The maximum atomic E-state index is 11.2. The number of anilines is 1. The van der Waals surface area contributed by atoms with E-state index in [0.717, 1.165) is 5.39 Å². The van der Waals surface area contributed by atoms with E-state index in [1.54, 1.807) is 24.4 Å². The third-order valence-electron chi connectivity index (χ3n) is 2.97. The molecule has 1 aromatic carbocycles. The lowest BCUT2D eigenvalue weighted by atomic mass is 10.0. The molecule has 0 saturated carbocycles. The molecule has 1 heterocycles. The fourth-order valence-electron chi connectivity index (χ4n) is 1.93. The minimum Gasteiger partial charge on any atom is -0.508 e. The second-order valence-corrected chi connectivity index (χ2v) is 4.77. The Bertz CT molecular complexity index is 611. The number of pyridine rings is 1. The molecule has 2 rings (SSSR count). The van der Waals surface area contributed by atoms with Gasteiger partial charge in [-0.1, -0.05) is 19.9 Å². The van der Waals surface area contributed by atoms with E-state index in [1.807, 2.05) is 19.9 Å². The first-order chi connectivity index (χ1) is 8.99. The molecule has 1 unspecified atom stereocenters. The van der Waals surface area contributed by atoms with Crippen molar-refractivity contribution < 1.29 is 15.0 Å². The van der Waals surface area contributed by atoms with Crippen LogP contribution in [-0.4, -0.2) is 27.2 Å². The zero-order valence-electron chi connectivity index (χ0n) is 10.8. The van der Waals surface area contributed by atoms with Crippen LogP contribution in [-0.2, 0) is 4.79 Å². The van der Waals surface area contributed by atoms with Crippen LogP contribution in [0.3, 0.4) is 0 Å². The predicted molar refractivity (Wildman–Crippen MR) is 73.3 cm³/mol. The van der Waals surface area contributed by atoms with Gasteiger partial charge in [-0.25, -0.2) is 9.78 Å². The topological polar surface area (TPSA) is 82.5 Å². The van der Waals surface area contributed by atoms with E-state index in [1.165, 1.54) is 0 Å². The van der Waals surface area contributed by atoms with E-state index in [4.69, 9.17) is 0 Å². The van der Waals surface area contributed by atoms with Crippen molar-refractivity contribution in [2.75, 3.05) is 5.32 Å². The first-order valence-corrected chi connectivity index (χ1v) is 6.06. The van der Waals surface area contributed by atoms with Crippen LogP contribution in [0.5, 0.6) is 5.75 Å². The van der Waals surface area contributed by atoms with Crippen LogP contribution in [0.4, 0.5) is 5.82 Å². The molecule has 100 valence electrons. The average Bonchev–Trinajstić information content (AvgIpc) is 2.35. The van der Waals surface area contributed by atoms with Crippen molar-refractivity contribution >= 4 is 22.6 Å². The summed E-state index contributed by atoms with van der Waals surface area (Å²) in [5, 5.41) is 23.2. The summed E-state index contributed by atoms with van der Waals surface area (Å²) in [4.78, 5) is 15.4. The van der Waals surface area contributed by atoms with Gasteiger partial charge in [-0.05, 0) is 29.5 Å². The van der Waals surface area contributed by atoms with E-state index in [9.17, 15) is 15.0 Å². The van der Waals surface area contributed by atoms with Crippen LogP contribution >= 0.6 is 0 Å². The van der Waals surface area contributed by atoms with Gasteiger partial charge < -0.3 is 15.5 Å². The monoisotopic (exact) mass is 260 g/mol. The number of nitrogens with one attached hydrogen (secondary N) is 1. The van der Waals surface area contributed by atoms with Gasteiger partial charge in [-0.15, -0.1) is 0 Å². The molecule has 0 aliphatic carbocycles. The Kier molecular flexibility index (Phi) is 3.55. The lowest BCUT2D eigenvalue weighted by molar-refractivity contribution is -0.138. The van der Waals surface area contributed by atoms with Crippen LogP contribution < -0.4 is 5.32 Å². The maximum Gasteiger partial charge on any atom is 0.326 e. The summed E-state index contributed by atoms with van der Waals surface area (Å²) in [5.74, 6) is -0.407. The minimum atomic E-state index is -0.922. The highest BCUT2D eigenvalue weighted by atomic mass is 16.4. The van der Waals surface area contributed by atoms with Crippen molar-refractivity contribution in [3.63, 3.8) is 0 Å². The van der Waals surface area contributed by atoms with Gasteiger partial charge in [0, 0.05) is 11.6 Å². The van der Waals surface area contributed by atoms with Gasteiger partial charge in [-0.2, -0.15) is 0 Å². The number of hydrogen-bond donors (Lipinski definition) is 3. The third-order valence-corrected chi connectivity index (χ3v) is 2.97. The third kappa shape index (κ3) is 2.76. The molecular formula is C14H16N2O3. The second-order valence-electron chi connectivity index (χ2n) is 4.77. The Balaban J connectivity index is 2.44. The van der Waals surface area contributed by atoms with Gasteiger partial charge in [0.05, 0.1) is 0 Å². The number of phenols is 1. The Morgan fingerprint density at radius 1 is 1.32 bits per heavy atom. The summed E-state index contributed by atoms with van der Waals surface area (Å²) in [5.41, 5.74) is 0. The summed E-state index contributed by atoms with van der Waals surface area (Å²) in [6.07, 6.45) is 1.61. The Morgan fingerprint density at radius 2 is 2.05 bits per heavy atom. The van der Waals surface area contributed by atoms with Crippen LogP contribution in [0.25, 0.3) is 10.8 Å². The zero-order chi connectivity index (χ0) is 14.0. The van der Waals surface area contributed by atoms with Crippen molar-refractivity contribution in [1.82, 2.24) is 4.98 Å². The van der Waals surface area contributed by atoms with Gasteiger partial charge >= 0.3 is 5.97 Å². The molecule has 2 aromatic rings. The van der Waals surface area contributed by atoms with Gasteiger partial charge in [0.1, 0.15) is 17.6 Å². The SMILES string of the molecule is CC(C)C(Nc1nccc2ccc(O)cc12)C(=O)O. The summed E-state index contributed by atoms with van der Waals surface area (Å²) < 4.78 is 0. The number of carbonyl (C=O) groups is 1. The Hall–Kier alpha value is -2.30. The van der Waals surface area contributed by atoms with Gasteiger partial charge in [0.25, 0.3) is 0 Å². The van der Waals surface area contributed by atoms with Crippen LogP contribution in [0.2, 0.25) is 0 Å². The number of carboxylic acids is 1. The summed E-state index contributed by atoms with van der Waals surface area (Å²) >= 11 is 0. The second kappa shape index (κ2) is 5.14. The average molecular weight is 260 g/mol. The quantitative estimate of drug-likeness (QED) is 0.786. The highest BCUT2D eigenvalue weighted by molar-refractivity contribution is 5.94. The number of rotatable bonds is 4. The molecule has 1 atom stereocenters. The first kappa shape index (κ1) is 13.1. The smallest absolute Gasteiger partial charge is 0.326 e. The lowest BCUT2D eigenvalue weighted by Crippen LogP contribution is -2.34. The van der Waals surface area contributed by atoms with Crippen LogP contribution in [0.15, 0.2) is 30.5 Å². The number of benzene rings is 1. The summed E-state index contributed by atoms with van der Waals surface area (Å²) in [6, 6.07) is 6.02. The highest BCUT2D eigenvalue weighted by Crippen LogP contribution is 2.26. The first-order valence-electron chi connectivity index (χ1n) is 6.06. The van der Waals surface area contributed by atoms with E-state index in [2.05, 4.69) is 10.3 Å². The molecule has 19 heavy (non-hydrogen) atoms. The van der Waals surface area contributed by atoms with Gasteiger partial charge in [0.2, 0.25) is 0 Å². The summed E-state index contributed by atoms with van der Waals surface area (Å²) in [6.45, 7) is 3.66. The molecule has 0 fully saturated rings. The van der Waals surface area contributed by atoms with Crippen molar-refractivity contribution in [1.29, 1.82) is 0 Å². The molecule has 3 N–H and O–H groups in total. The predicted octanol–water partition coefficient (Wildman–Crippen LogP) is 2.46. The molecule has 0 saturated heterocycles. The van der Waals surface area contributed by atoms with Crippen molar-refractivity contribution in [2.24, 2.45) is 5.92 Å². The number of fused-ring (bicyclic) bond motifs is 1. The molecule has 0 radical (unpaired) electrons. The minimum absolute atomic E-state index is 0.0770. The molecule has 0 spiro atoms. The molecule has 0 amide bonds.